The zero-order chi connectivity index (χ0) is 18.9. The predicted octanol–water partition coefficient (Wildman–Crippen LogP) is 3.69. The van der Waals surface area contributed by atoms with Crippen LogP contribution in [-0.4, -0.2) is 43.5 Å². The van der Waals surface area contributed by atoms with E-state index in [2.05, 4.69) is 11.9 Å². The van der Waals surface area contributed by atoms with Gasteiger partial charge >= 0.3 is 13.8 Å². The predicted molar refractivity (Wildman–Crippen MR) is 103 cm³/mol. The molecule has 0 fully saturated rings. The summed E-state index contributed by atoms with van der Waals surface area (Å²) in [5, 5.41) is 20.0. The molecule has 2 rings (SSSR count). The van der Waals surface area contributed by atoms with Gasteiger partial charge in [-0.25, -0.2) is 9.78 Å². The molecule has 2 heterocycles. The summed E-state index contributed by atoms with van der Waals surface area (Å²) in [6.45, 7) is 2.07. The van der Waals surface area contributed by atoms with Crippen LogP contribution in [0.4, 0.5) is 0 Å². The molecule has 0 spiro atoms. The molecule has 2 atom stereocenters. The molecule has 0 radical (unpaired) electrons. The van der Waals surface area contributed by atoms with Crippen molar-refractivity contribution >= 4 is 35.4 Å². The van der Waals surface area contributed by atoms with E-state index in [1.807, 2.05) is 18.2 Å². The van der Waals surface area contributed by atoms with Gasteiger partial charge in [0.25, 0.3) is 0 Å². The number of carbonyl (C=O) groups is 1. The molecule has 7 nitrogen and oxygen atoms in total. The molecule has 0 aliphatic rings. The molecule has 10 heteroatoms. The van der Waals surface area contributed by atoms with E-state index >= 15 is 0 Å². The van der Waals surface area contributed by atoms with Gasteiger partial charge in [-0.3, -0.25) is 0 Å². The second-order valence-electron chi connectivity index (χ2n) is 5.43. The molecule has 0 bridgehead atoms. The van der Waals surface area contributed by atoms with Gasteiger partial charge < -0.3 is 15.1 Å². The Hall–Kier alpha value is -1.70. The Morgan fingerprint density at radius 1 is 1.27 bits per heavy atom. The molecule has 2 unspecified atom stereocenters. The maximum absolute atomic E-state index is 12.1. The Labute approximate surface area is 160 Å². The quantitative estimate of drug-likeness (QED) is 0.448. The molecule has 0 saturated carbocycles. The van der Waals surface area contributed by atoms with Crippen molar-refractivity contribution < 1.29 is 24.4 Å². The highest BCUT2D eigenvalue weighted by atomic mass is 33.1. The third-order valence-corrected chi connectivity index (χ3v) is 7.62. The molecule has 0 aliphatic heterocycles. The molecule has 0 aromatic carbocycles. The summed E-state index contributed by atoms with van der Waals surface area (Å²) < 4.78 is 12.7. The number of carbonyl (C=O) groups excluding carboxylic acids is 1. The average Bonchev–Trinajstić information content (AvgIpc) is 2.95. The Morgan fingerprint density at radius 2 is 2.00 bits per heavy atom. The van der Waals surface area contributed by atoms with Crippen LogP contribution >= 0.6 is 29.4 Å². The molecule has 2 aromatic rings. The van der Waals surface area contributed by atoms with E-state index in [9.17, 15) is 19.6 Å². The minimum Gasteiger partial charge on any atom is -0.492 e. The fraction of sp³-hybridized carbons (Fsp3) is 0.375. The normalized spacial score (nSPS) is 12.6. The van der Waals surface area contributed by atoms with Crippen LogP contribution in [0.1, 0.15) is 19.8 Å². The van der Waals surface area contributed by atoms with Crippen LogP contribution in [0.25, 0.3) is 0 Å². The molecule has 0 aliphatic carbocycles. The number of hydrogen-bond donors (Lipinski definition) is 2. The molecule has 2 aromatic heterocycles. The summed E-state index contributed by atoms with van der Waals surface area (Å²) >= 11 is 0. The average molecular weight is 415 g/mol. The summed E-state index contributed by atoms with van der Waals surface area (Å²) in [6.07, 6.45) is 3.21. The molecule has 26 heavy (non-hydrogen) atoms. The molecule has 140 valence electrons. The maximum atomic E-state index is 12.1. The van der Waals surface area contributed by atoms with Crippen LogP contribution in [0, 0.1) is 0 Å². The monoisotopic (exact) mass is 415 g/mol. The van der Waals surface area contributed by atoms with Crippen molar-refractivity contribution in [3.8, 4) is 11.8 Å². The first kappa shape index (κ1) is 20.6. The van der Waals surface area contributed by atoms with Crippen LogP contribution in [-0.2, 0) is 9.36 Å². The van der Waals surface area contributed by atoms with Crippen LogP contribution in [0.3, 0.4) is 0 Å². The van der Waals surface area contributed by atoms with Gasteiger partial charge in [0, 0.05) is 30.0 Å². The third kappa shape index (κ3) is 6.90. The van der Waals surface area contributed by atoms with E-state index in [-0.39, 0.29) is 24.3 Å². The highest BCUT2D eigenvalue weighted by Crippen LogP contribution is 2.36. The Balaban J connectivity index is 1.63. The first-order chi connectivity index (χ1) is 12.5. The third-order valence-electron chi connectivity index (χ3n) is 3.28. The molecule has 0 saturated heterocycles. The van der Waals surface area contributed by atoms with Crippen molar-refractivity contribution in [2.75, 3.05) is 12.3 Å². The highest BCUT2D eigenvalue weighted by molar-refractivity contribution is 8.76. The smallest absolute Gasteiger partial charge is 0.339 e. The van der Waals surface area contributed by atoms with Crippen LogP contribution in [0.2, 0.25) is 0 Å². The molecule has 0 amide bonds. The first-order valence-electron chi connectivity index (χ1n) is 7.93. The van der Waals surface area contributed by atoms with E-state index in [1.165, 1.54) is 12.1 Å². The van der Waals surface area contributed by atoms with Gasteiger partial charge in [-0.15, -0.1) is 4.73 Å². The fourth-order valence-corrected chi connectivity index (χ4v) is 5.47. The number of nitrogens with zero attached hydrogens (tertiary/aromatic N) is 2. The lowest BCUT2D eigenvalue weighted by Crippen LogP contribution is -2.19. The number of aromatic nitrogens is 2. The lowest BCUT2D eigenvalue weighted by Gasteiger charge is -2.06. The minimum atomic E-state index is -1.51. The van der Waals surface area contributed by atoms with Gasteiger partial charge in [0.05, 0.1) is 6.42 Å². The summed E-state index contributed by atoms with van der Waals surface area (Å²) in [7, 11) is 1.75. The van der Waals surface area contributed by atoms with Gasteiger partial charge in [0.15, 0.2) is 6.16 Å². The maximum Gasteiger partial charge on any atom is 0.339 e. The van der Waals surface area contributed by atoms with E-state index < -0.39 is 13.8 Å². The van der Waals surface area contributed by atoms with Crippen molar-refractivity contribution in [3.05, 3.63) is 36.5 Å². The number of aromatic hydroxyl groups is 2. The van der Waals surface area contributed by atoms with Crippen LogP contribution < -0.4 is 4.84 Å². The van der Waals surface area contributed by atoms with E-state index in [0.29, 0.717) is 16.1 Å². The van der Waals surface area contributed by atoms with E-state index in [1.54, 1.807) is 27.8 Å². The Morgan fingerprint density at radius 3 is 2.65 bits per heavy atom. The van der Waals surface area contributed by atoms with Gasteiger partial charge in [0.2, 0.25) is 11.8 Å². The topological polar surface area (TPSA) is 102 Å². The Bertz CT molecular complexity index is 722. The molecular formula is C16H20N2O5PS2+. The van der Waals surface area contributed by atoms with Crippen molar-refractivity contribution in [1.82, 2.24) is 9.71 Å². The van der Waals surface area contributed by atoms with Crippen molar-refractivity contribution in [2.24, 2.45) is 0 Å². The summed E-state index contributed by atoms with van der Waals surface area (Å²) in [5.41, 5.74) is 0. The second-order valence-corrected chi connectivity index (χ2v) is 9.95. The van der Waals surface area contributed by atoms with Gasteiger partial charge in [-0.05, 0) is 22.9 Å². The first-order valence-corrected chi connectivity index (χ1v) is 11.8. The zero-order valence-electron chi connectivity index (χ0n) is 14.1. The second kappa shape index (κ2) is 10.4. The summed E-state index contributed by atoms with van der Waals surface area (Å²) in [4.78, 5) is 20.8. The van der Waals surface area contributed by atoms with Crippen molar-refractivity contribution in [2.45, 2.75) is 30.0 Å². The van der Waals surface area contributed by atoms with Crippen molar-refractivity contribution in [1.29, 1.82) is 0 Å². The highest BCUT2D eigenvalue weighted by Gasteiger charge is 2.21. The largest absolute Gasteiger partial charge is 0.492 e. The number of pyridine rings is 1. The standard InChI is InChI=1S/C16H19N2O5PS2/c1-12(25-26-13-4-2-3-9-17-13)7-10-24(22)11-8-16(21)23-18-14(19)5-6-15(18)20/h2-6,9,12H,7-8,10-11H2,1H3,(H-,19,20)/p+1. The van der Waals surface area contributed by atoms with Gasteiger partial charge in [0.1, 0.15) is 11.2 Å². The van der Waals surface area contributed by atoms with Crippen LogP contribution in [0.15, 0.2) is 41.6 Å². The SMILES string of the molecule is CC(CC[P+](=O)CCC(=O)On1c(O)ccc1O)SSc1ccccn1. The van der Waals surface area contributed by atoms with E-state index in [4.69, 9.17) is 4.84 Å². The lowest BCUT2D eigenvalue weighted by molar-refractivity contribution is -0.144. The number of rotatable bonds is 10. The fourth-order valence-electron chi connectivity index (χ4n) is 1.87. The lowest BCUT2D eigenvalue weighted by atomic mass is 10.4. The van der Waals surface area contributed by atoms with Gasteiger partial charge in [-0.2, -0.15) is 0 Å². The van der Waals surface area contributed by atoms with Crippen LogP contribution in [0.5, 0.6) is 11.8 Å². The van der Waals surface area contributed by atoms with E-state index in [0.717, 1.165) is 11.4 Å². The minimum absolute atomic E-state index is 0.0452. The summed E-state index contributed by atoms with van der Waals surface area (Å²) in [5.74, 6) is -1.42. The van der Waals surface area contributed by atoms with Crippen molar-refractivity contribution in [3.63, 3.8) is 0 Å². The molecular weight excluding hydrogens is 395 g/mol. The van der Waals surface area contributed by atoms with Gasteiger partial charge in [-0.1, -0.05) is 28.3 Å². The summed E-state index contributed by atoms with van der Waals surface area (Å²) in [6, 6.07) is 8.14. The molecule has 2 N–H and O–H groups in total. The Kier molecular flexibility index (Phi) is 8.28. The zero-order valence-corrected chi connectivity index (χ0v) is 16.7. The number of hydrogen-bond acceptors (Lipinski definition) is 8.